The first-order valence-corrected chi connectivity index (χ1v) is 3.95. The second-order valence-corrected chi connectivity index (χ2v) is 3.00. The van der Waals surface area contributed by atoms with Gasteiger partial charge in [0.1, 0.15) is 6.61 Å². The first kappa shape index (κ1) is 6.06. The van der Waals surface area contributed by atoms with Crippen molar-refractivity contribution in [3.63, 3.8) is 0 Å². The Kier molecular flexibility index (Phi) is 0.909. The van der Waals surface area contributed by atoms with E-state index < -0.39 is 0 Å². The van der Waals surface area contributed by atoms with E-state index in [1.807, 2.05) is 18.2 Å². The number of fused-ring (bicyclic) bond motifs is 1. The van der Waals surface area contributed by atoms with E-state index in [-0.39, 0.29) is 6.09 Å². The summed E-state index contributed by atoms with van der Waals surface area (Å²) in [7, 11) is 0. The number of ether oxygens (including phenoxy) is 1. The van der Waals surface area contributed by atoms with E-state index in [4.69, 9.17) is 4.74 Å². The molecule has 3 heteroatoms. The first-order chi connectivity index (χ1) is 5.86. The van der Waals surface area contributed by atoms with Crippen LogP contribution < -0.4 is 4.90 Å². The van der Waals surface area contributed by atoms with E-state index in [0.717, 1.165) is 5.69 Å². The number of cyclic esters (lactones) is 1. The third-order valence-electron chi connectivity index (χ3n) is 2.36. The van der Waals surface area contributed by atoms with Gasteiger partial charge in [-0.3, -0.25) is 4.90 Å². The quantitative estimate of drug-likeness (QED) is 0.636. The van der Waals surface area contributed by atoms with Crippen LogP contribution in [0.2, 0.25) is 0 Å². The molecule has 12 heavy (non-hydrogen) atoms. The highest BCUT2D eigenvalue weighted by Crippen LogP contribution is 2.43. The monoisotopic (exact) mass is 161 g/mol. The fourth-order valence-corrected chi connectivity index (χ4v) is 1.60. The van der Waals surface area contributed by atoms with Gasteiger partial charge >= 0.3 is 6.09 Å². The number of carbonyl (C=O) groups excluding carboxylic acids is 1. The maximum absolute atomic E-state index is 11.1. The molecule has 0 bridgehead atoms. The SMILES string of the molecule is O=C1OCCN1c1cc2ccc1-2. The summed E-state index contributed by atoms with van der Waals surface area (Å²) < 4.78 is 4.83. The molecular formula is C9H7NO2. The Morgan fingerprint density at radius 2 is 2.33 bits per heavy atom. The molecule has 1 amide bonds. The lowest BCUT2D eigenvalue weighted by Crippen LogP contribution is -2.26. The lowest BCUT2D eigenvalue weighted by molar-refractivity contribution is 0.181. The van der Waals surface area contributed by atoms with Crippen LogP contribution in [0.4, 0.5) is 10.5 Å². The third kappa shape index (κ3) is 0.548. The van der Waals surface area contributed by atoms with E-state index in [2.05, 4.69) is 0 Å². The summed E-state index contributed by atoms with van der Waals surface area (Å²) in [6.45, 7) is 1.21. The van der Waals surface area contributed by atoms with Gasteiger partial charge < -0.3 is 4.74 Å². The van der Waals surface area contributed by atoms with Crippen LogP contribution >= 0.6 is 0 Å². The minimum Gasteiger partial charge on any atom is -0.447 e. The van der Waals surface area contributed by atoms with Crippen molar-refractivity contribution >= 4 is 11.8 Å². The number of benzene rings is 1. The average Bonchev–Trinajstić information content (AvgIpc) is 2.42. The lowest BCUT2D eigenvalue weighted by Gasteiger charge is -2.25. The predicted octanol–water partition coefficient (Wildman–Crippen LogP) is 1.62. The number of carbonyl (C=O) groups is 1. The van der Waals surface area contributed by atoms with Crippen molar-refractivity contribution in [2.24, 2.45) is 0 Å². The fraction of sp³-hybridized carbons (Fsp3) is 0.222. The van der Waals surface area contributed by atoms with Crippen LogP contribution in [0.15, 0.2) is 18.2 Å². The minimum atomic E-state index is -0.215. The fourth-order valence-electron chi connectivity index (χ4n) is 1.60. The first-order valence-electron chi connectivity index (χ1n) is 3.95. The summed E-state index contributed by atoms with van der Waals surface area (Å²) in [6.07, 6.45) is -0.215. The van der Waals surface area contributed by atoms with Gasteiger partial charge in [-0.25, -0.2) is 4.79 Å². The Morgan fingerprint density at radius 3 is 2.75 bits per heavy atom. The molecule has 3 nitrogen and oxygen atoms in total. The predicted molar refractivity (Wildman–Crippen MR) is 44.1 cm³/mol. The minimum absolute atomic E-state index is 0.215. The van der Waals surface area contributed by atoms with Gasteiger partial charge in [-0.1, -0.05) is 12.1 Å². The Bertz CT molecular complexity index is 373. The molecule has 3 aliphatic rings. The zero-order valence-corrected chi connectivity index (χ0v) is 6.41. The molecule has 0 aromatic carbocycles. The number of hydrogen-bond donors (Lipinski definition) is 0. The molecule has 0 N–H and O–H groups in total. The molecule has 0 aromatic rings. The molecule has 0 radical (unpaired) electrons. The molecule has 0 unspecified atom stereocenters. The molecule has 0 saturated carbocycles. The second kappa shape index (κ2) is 1.80. The summed E-state index contributed by atoms with van der Waals surface area (Å²) >= 11 is 0. The van der Waals surface area contributed by atoms with Crippen LogP contribution in [0.3, 0.4) is 0 Å². The molecule has 0 aromatic heterocycles. The van der Waals surface area contributed by atoms with Crippen LogP contribution in [-0.2, 0) is 4.74 Å². The van der Waals surface area contributed by atoms with Crippen molar-refractivity contribution in [3.8, 4) is 11.1 Å². The molecule has 1 heterocycles. The van der Waals surface area contributed by atoms with Crippen molar-refractivity contribution in [1.29, 1.82) is 0 Å². The number of hydrogen-bond acceptors (Lipinski definition) is 2. The Labute approximate surface area is 69.5 Å². The van der Waals surface area contributed by atoms with Crippen LogP contribution in [0, 0.1) is 0 Å². The molecule has 60 valence electrons. The van der Waals surface area contributed by atoms with Crippen molar-refractivity contribution in [3.05, 3.63) is 18.2 Å². The van der Waals surface area contributed by atoms with E-state index in [1.165, 1.54) is 11.1 Å². The van der Waals surface area contributed by atoms with Gasteiger partial charge in [0.05, 0.1) is 12.2 Å². The van der Waals surface area contributed by atoms with Gasteiger partial charge in [0.25, 0.3) is 0 Å². The summed E-state index contributed by atoms with van der Waals surface area (Å²) in [5.41, 5.74) is 3.48. The standard InChI is InChI=1S/C9H7NO2/c11-9-10(3-4-12-9)8-5-6-1-2-7(6)8/h1-2,5H,3-4H2. The third-order valence-corrected chi connectivity index (χ3v) is 2.36. The molecule has 0 atom stereocenters. The van der Waals surface area contributed by atoms with Gasteiger partial charge in [0.15, 0.2) is 0 Å². The van der Waals surface area contributed by atoms with E-state index in [9.17, 15) is 4.79 Å². The lowest BCUT2D eigenvalue weighted by atomic mass is 9.90. The summed E-state index contributed by atoms with van der Waals surface area (Å²) in [5, 5.41) is 0. The van der Waals surface area contributed by atoms with E-state index >= 15 is 0 Å². The van der Waals surface area contributed by atoms with Gasteiger partial charge in [-0.15, -0.1) is 0 Å². The van der Waals surface area contributed by atoms with Gasteiger partial charge in [-0.2, -0.15) is 0 Å². The average molecular weight is 161 g/mol. The summed E-state index contributed by atoms with van der Waals surface area (Å²) in [4.78, 5) is 12.8. The second-order valence-electron chi connectivity index (χ2n) is 3.00. The number of anilines is 1. The van der Waals surface area contributed by atoms with Crippen LogP contribution in [0.1, 0.15) is 0 Å². The van der Waals surface area contributed by atoms with Crippen LogP contribution in [-0.4, -0.2) is 19.2 Å². The Morgan fingerprint density at radius 1 is 1.42 bits per heavy atom. The molecular weight excluding hydrogens is 154 g/mol. The molecule has 2 aliphatic carbocycles. The van der Waals surface area contributed by atoms with Crippen LogP contribution in [0.25, 0.3) is 11.1 Å². The van der Waals surface area contributed by atoms with Gasteiger partial charge in [0.2, 0.25) is 0 Å². The van der Waals surface area contributed by atoms with Crippen molar-refractivity contribution < 1.29 is 9.53 Å². The van der Waals surface area contributed by atoms with Crippen molar-refractivity contribution in [2.45, 2.75) is 0 Å². The molecule has 1 fully saturated rings. The zero-order valence-electron chi connectivity index (χ0n) is 6.41. The van der Waals surface area contributed by atoms with Gasteiger partial charge in [0, 0.05) is 5.56 Å². The van der Waals surface area contributed by atoms with Crippen LogP contribution in [0.5, 0.6) is 0 Å². The number of nitrogens with zero attached hydrogens (tertiary/aromatic N) is 1. The largest absolute Gasteiger partial charge is 0.447 e. The highest BCUT2D eigenvalue weighted by atomic mass is 16.6. The van der Waals surface area contributed by atoms with E-state index in [0.29, 0.717) is 13.2 Å². The van der Waals surface area contributed by atoms with Crippen molar-refractivity contribution in [2.75, 3.05) is 18.1 Å². The topological polar surface area (TPSA) is 29.5 Å². The highest BCUT2D eigenvalue weighted by molar-refractivity contribution is 6.01. The normalized spacial score (nSPS) is 18.0. The maximum atomic E-state index is 11.1. The van der Waals surface area contributed by atoms with E-state index in [1.54, 1.807) is 4.90 Å². The Balaban J connectivity index is 1.97. The highest BCUT2D eigenvalue weighted by Gasteiger charge is 2.30. The van der Waals surface area contributed by atoms with Crippen molar-refractivity contribution in [1.82, 2.24) is 0 Å². The zero-order chi connectivity index (χ0) is 8.13. The molecule has 1 saturated heterocycles. The number of amides is 1. The number of rotatable bonds is 1. The molecule has 3 rings (SSSR count). The summed E-state index contributed by atoms with van der Waals surface area (Å²) in [5.74, 6) is 0. The van der Waals surface area contributed by atoms with Gasteiger partial charge in [-0.05, 0) is 11.6 Å². The smallest absolute Gasteiger partial charge is 0.414 e. The Hall–Kier alpha value is -1.51. The molecule has 1 aliphatic heterocycles. The summed E-state index contributed by atoms with van der Waals surface area (Å²) in [6, 6.07) is 6.08. The molecule has 0 spiro atoms. The maximum Gasteiger partial charge on any atom is 0.414 e.